The molecule has 0 spiro atoms. The summed E-state index contributed by atoms with van der Waals surface area (Å²) < 4.78 is 9.59. The molecule has 0 aromatic heterocycles. The molecule has 0 unspecified atom stereocenters. The summed E-state index contributed by atoms with van der Waals surface area (Å²) in [6, 6.07) is 12.2. The van der Waals surface area contributed by atoms with E-state index in [0.29, 0.717) is 0 Å². The highest BCUT2D eigenvalue weighted by molar-refractivity contribution is 5.97. The molecule has 2 rings (SSSR count). The van der Waals surface area contributed by atoms with Gasteiger partial charge in [0.2, 0.25) is 0 Å². The molecular formula is C19H18N2O7. The molecule has 0 aliphatic rings. The second-order valence-electron chi connectivity index (χ2n) is 5.77. The Hall–Kier alpha value is -3.75. The van der Waals surface area contributed by atoms with Gasteiger partial charge in [0.1, 0.15) is 0 Å². The van der Waals surface area contributed by atoms with Gasteiger partial charge in [0.05, 0.1) is 23.2 Å². The van der Waals surface area contributed by atoms with Gasteiger partial charge >= 0.3 is 11.9 Å². The van der Waals surface area contributed by atoms with Gasteiger partial charge in [-0.1, -0.05) is 30.3 Å². The SMILES string of the molecule is COC(=O)c1cc(C(=O)O[C@@H](C)C(=O)NCc2ccccc2)cc([N+](=O)[O-])c1. The lowest BCUT2D eigenvalue weighted by Gasteiger charge is -2.14. The van der Waals surface area contributed by atoms with Gasteiger partial charge in [0, 0.05) is 18.7 Å². The van der Waals surface area contributed by atoms with Crippen LogP contribution in [-0.4, -0.2) is 36.0 Å². The molecule has 0 aliphatic carbocycles. The van der Waals surface area contributed by atoms with Crippen LogP contribution in [0.3, 0.4) is 0 Å². The number of carbonyl (C=O) groups is 3. The van der Waals surface area contributed by atoms with Crippen LogP contribution in [0.15, 0.2) is 48.5 Å². The van der Waals surface area contributed by atoms with Gasteiger partial charge in [-0.15, -0.1) is 0 Å². The van der Waals surface area contributed by atoms with Crippen LogP contribution in [0.25, 0.3) is 0 Å². The van der Waals surface area contributed by atoms with Crippen LogP contribution in [0.5, 0.6) is 0 Å². The van der Waals surface area contributed by atoms with E-state index in [1.165, 1.54) is 6.92 Å². The number of ether oxygens (including phenoxy) is 2. The van der Waals surface area contributed by atoms with Crippen LogP contribution in [0.4, 0.5) is 5.69 Å². The average molecular weight is 386 g/mol. The standard InChI is InChI=1S/C19H18N2O7/c1-12(17(22)20-11-13-6-4-3-5-7-13)28-19(24)15-8-14(18(23)27-2)9-16(10-15)21(25)26/h3-10,12H,11H2,1-2H3,(H,20,22)/t12-/m0/s1. The largest absolute Gasteiger partial charge is 0.465 e. The third-order valence-electron chi connectivity index (χ3n) is 3.75. The minimum atomic E-state index is -1.14. The third-order valence-corrected chi connectivity index (χ3v) is 3.75. The number of nitrogens with zero attached hydrogens (tertiary/aromatic N) is 1. The average Bonchev–Trinajstić information content (AvgIpc) is 2.71. The lowest BCUT2D eigenvalue weighted by atomic mass is 10.1. The molecule has 0 radical (unpaired) electrons. The first-order chi connectivity index (χ1) is 13.3. The van der Waals surface area contributed by atoms with Crippen molar-refractivity contribution in [2.75, 3.05) is 7.11 Å². The molecule has 0 heterocycles. The van der Waals surface area contributed by atoms with Gasteiger partial charge in [-0.3, -0.25) is 14.9 Å². The maximum absolute atomic E-state index is 12.3. The number of hydrogen-bond acceptors (Lipinski definition) is 7. The van der Waals surface area contributed by atoms with Crippen LogP contribution in [0.2, 0.25) is 0 Å². The highest BCUT2D eigenvalue weighted by atomic mass is 16.6. The Balaban J connectivity index is 2.08. The Labute approximate surface area is 160 Å². The van der Waals surface area contributed by atoms with Crippen LogP contribution in [0, 0.1) is 10.1 Å². The summed E-state index contributed by atoms with van der Waals surface area (Å²) in [4.78, 5) is 46.3. The van der Waals surface area contributed by atoms with E-state index >= 15 is 0 Å². The quantitative estimate of drug-likeness (QED) is 0.439. The number of rotatable bonds is 7. The van der Waals surface area contributed by atoms with Crippen LogP contribution in [0.1, 0.15) is 33.2 Å². The summed E-state index contributed by atoms with van der Waals surface area (Å²) in [5.41, 5.74) is -0.0195. The summed E-state index contributed by atoms with van der Waals surface area (Å²) in [7, 11) is 1.11. The topological polar surface area (TPSA) is 125 Å². The molecule has 2 aromatic carbocycles. The Morgan fingerprint density at radius 1 is 1.07 bits per heavy atom. The Bertz CT molecular complexity index is 896. The van der Waals surface area contributed by atoms with Crippen molar-refractivity contribution in [3.63, 3.8) is 0 Å². The predicted molar refractivity (Wildman–Crippen MR) is 97.6 cm³/mol. The van der Waals surface area contributed by atoms with Gasteiger partial charge in [-0.05, 0) is 18.6 Å². The normalized spacial score (nSPS) is 11.2. The second-order valence-corrected chi connectivity index (χ2v) is 5.77. The van der Waals surface area contributed by atoms with Gasteiger partial charge in [-0.2, -0.15) is 0 Å². The van der Waals surface area contributed by atoms with E-state index in [9.17, 15) is 24.5 Å². The molecule has 0 aliphatic heterocycles. The summed E-state index contributed by atoms with van der Waals surface area (Å²) in [6.07, 6.45) is -1.14. The van der Waals surface area contributed by atoms with Gasteiger partial charge in [0.15, 0.2) is 6.10 Å². The fourth-order valence-electron chi connectivity index (χ4n) is 2.28. The van der Waals surface area contributed by atoms with E-state index in [0.717, 1.165) is 30.9 Å². The smallest absolute Gasteiger partial charge is 0.339 e. The third kappa shape index (κ3) is 5.37. The molecular weight excluding hydrogens is 368 g/mol. The molecule has 1 atom stereocenters. The number of carbonyl (C=O) groups excluding carboxylic acids is 3. The number of esters is 2. The highest BCUT2D eigenvalue weighted by Gasteiger charge is 2.23. The lowest BCUT2D eigenvalue weighted by Crippen LogP contribution is -2.35. The van der Waals surface area contributed by atoms with Gasteiger partial charge < -0.3 is 14.8 Å². The van der Waals surface area contributed by atoms with Gasteiger partial charge in [0.25, 0.3) is 11.6 Å². The first-order valence-corrected chi connectivity index (χ1v) is 8.22. The van der Waals surface area contributed by atoms with Crippen LogP contribution < -0.4 is 5.32 Å². The zero-order valence-corrected chi connectivity index (χ0v) is 15.2. The number of nitrogens with one attached hydrogen (secondary N) is 1. The van der Waals surface area contributed by atoms with E-state index in [4.69, 9.17) is 4.74 Å². The summed E-state index contributed by atoms with van der Waals surface area (Å²) in [5, 5.41) is 13.7. The first-order valence-electron chi connectivity index (χ1n) is 8.22. The summed E-state index contributed by atoms with van der Waals surface area (Å²) >= 11 is 0. The number of hydrogen-bond donors (Lipinski definition) is 1. The molecule has 0 saturated carbocycles. The highest BCUT2D eigenvalue weighted by Crippen LogP contribution is 2.19. The van der Waals surface area contributed by atoms with Crippen molar-refractivity contribution >= 4 is 23.5 Å². The summed E-state index contributed by atoms with van der Waals surface area (Å²) in [5.74, 6) is -2.35. The van der Waals surface area contributed by atoms with Crippen molar-refractivity contribution in [1.82, 2.24) is 5.32 Å². The zero-order chi connectivity index (χ0) is 20.7. The number of nitro benzene ring substituents is 1. The van der Waals surface area contributed by atoms with Gasteiger partial charge in [-0.25, -0.2) is 9.59 Å². The summed E-state index contributed by atoms with van der Waals surface area (Å²) in [6.45, 7) is 1.63. The predicted octanol–water partition coefficient (Wildman–Crippen LogP) is 2.24. The number of benzene rings is 2. The van der Waals surface area contributed by atoms with Crippen LogP contribution in [-0.2, 0) is 20.8 Å². The fourth-order valence-corrected chi connectivity index (χ4v) is 2.28. The van der Waals surface area contributed by atoms with Crippen molar-refractivity contribution < 1.29 is 28.8 Å². The number of non-ortho nitro benzene ring substituents is 1. The van der Waals surface area contributed by atoms with Crippen molar-refractivity contribution in [2.24, 2.45) is 0 Å². The number of nitro groups is 1. The molecule has 0 fully saturated rings. The second kappa shape index (κ2) is 9.26. The molecule has 146 valence electrons. The monoisotopic (exact) mass is 386 g/mol. The van der Waals surface area contributed by atoms with E-state index in [2.05, 4.69) is 10.1 Å². The van der Waals surface area contributed by atoms with Crippen LogP contribution >= 0.6 is 0 Å². The molecule has 1 amide bonds. The Kier molecular flexibility index (Phi) is 6.80. The molecule has 0 saturated heterocycles. The van der Waals surface area contributed by atoms with E-state index in [1.54, 1.807) is 0 Å². The van der Waals surface area contributed by atoms with E-state index < -0.39 is 34.6 Å². The Morgan fingerprint density at radius 2 is 1.68 bits per heavy atom. The van der Waals surface area contributed by atoms with Crippen molar-refractivity contribution in [3.8, 4) is 0 Å². The van der Waals surface area contributed by atoms with Crippen molar-refractivity contribution in [1.29, 1.82) is 0 Å². The molecule has 0 bridgehead atoms. The zero-order valence-electron chi connectivity index (χ0n) is 15.2. The first kappa shape index (κ1) is 20.6. The number of amides is 1. The minimum absolute atomic E-state index is 0.176. The molecule has 9 heteroatoms. The lowest BCUT2D eigenvalue weighted by molar-refractivity contribution is -0.384. The molecule has 1 N–H and O–H groups in total. The maximum atomic E-state index is 12.3. The number of methoxy groups -OCH3 is 1. The van der Waals surface area contributed by atoms with E-state index in [1.807, 2.05) is 30.3 Å². The van der Waals surface area contributed by atoms with Crippen molar-refractivity contribution in [2.45, 2.75) is 19.6 Å². The minimum Gasteiger partial charge on any atom is -0.465 e. The van der Waals surface area contributed by atoms with Crippen molar-refractivity contribution in [3.05, 3.63) is 75.3 Å². The molecule has 28 heavy (non-hydrogen) atoms. The Morgan fingerprint density at radius 3 is 2.25 bits per heavy atom. The fraction of sp³-hybridized carbons (Fsp3) is 0.211. The molecule has 9 nitrogen and oxygen atoms in total. The maximum Gasteiger partial charge on any atom is 0.339 e. The van der Waals surface area contributed by atoms with E-state index in [-0.39, 0.29) is 17.7 Å². The molecule has 2 aromatic rings.